The molecule has 15 heavy (non-hydrogen) atoms. The number of nitrogens with one attached hydrogen (secondary N) is 1. The van der Waals surface area contributed by atoms with Crippen molar-refractivity contribution in [2.75, 3.05) is 0 Å². The van der Waals surface area contributed by atoms with E-state index in [1.165, 1.54) is 0 Å². The lowest BCUT2D eigenvalue weighted by atomic mass is 10.1. The number of pyridine rings is 1. The third-order valence-corrected chi connectivity index (χ3v) is 2.46. The maximum absolute atomic E-state index is 11.8. The number of nitrogens with zero attached hydrogens (tertiary/aromatic N) is 1. The van der Waals surface area contributed by atoms with Crippen molar-refractivity contribution in [1.29, 1.82) is 0 Å². The molecular weight excluding hydrogens is 192 g/mol. The lowest BCUT2D eigenvalue weighted by Gasteiger charge is -1.95. The van der Waals surface area contributed by atoms with Crippen LogP contribution in [0.25, 0.3) is 11.1 Å². The van der Waals surface area contributed by atoms with E-state index < -0.39 is 0 Å². The van der Waals surface area contributed by atoms with E-state index in [0.29, 0.717) is 11.1 Å². The molecule has 1 N–H and O–H groups in total. The first-order chi connectivity index (χ1) is 7.26. The fourth-order valence-electron chi connectivity index (χ4n) is 1.67. The van der Waals surface area contributed by atoms with Gasteiger partial charge in [0.1, 0.15) is 5.39 Å². The molecule has 0 fully saturated rings. The second kappa shape index (κ2) is 3.88. The average molecular weight is 206 g/mol. The van der Waals surface area contributed by atoms with Crippen LogP contribution in [0.1, 0.15) is 31.7 Å². The van der Waals surface area contributed by atoms with Gasteiger partial charge < -0.3 is 9.51 Å². The third-order valence-electron chi connectivity index (χ3n) is 2.46. The number of H-pyrrole nitrogens is 1. The third kappa shape index (κ3) is 1.67. The monoisotopic (exact) mass is 206 g/mol. The van der Waals surface area contributed by atoms with Crippen LogP contribution in [0.4, 0.5) is 0 Å². The summed E-state index contributed by atoms with van der Waals surface area (Å²) in [5.74, 6) is 0. The van der Waals surface area contributed by atoms with Gasteiger partial charge in [0.15, 0.2) is 5.43 Å². The highest BCUT2D eigenvalue weighted by molar-refractivity contribution is 5.75. The smallest absolute Gasteiger partial charge is 0.240 e. The molecule has 0 saturated heterocycles. The summed E-state index contributed by atoms with van der Waals surface area (Å²) in [6.07, 6.45) is 2.52. The molecule has 0 aliphatic rings. The Bertz CT molecular complexity index is 525. The lowest BCUT2D eigenvalue weighted by Crippen LogP contribution is -2.05. The molecule has 0 aliphatic heterocycles. The molecule has 0 saturated carbocycles. The molecule has 0 amide bonds. The molecule has 0 bridgehead atoms. The number of aromatic nitrogens is 2. The van der Waals surface area contributed by atoms with Gasteiger partial charge in [-0.3, -0.25) is 4.79 Å². The normalized spacial score (nSPS) is 11.1. The average Bonchev–Trinajstić information content (AvgIpc) is 2.62. The van der Waals surface area contributed by atoms with Crippen LogP contribution in [0, 0.1) is 0 Å². The van der Waals surface area contributed by atoms with Crippen molar-refractivity contribution in [2.24, 2.45) is 0 Å². The Morgan fingerprint density at radius 3 is 2.93 bits per heavy atom. The number of aromatic amines is 1. The fourth-order valence-corrected chi connectivity index (χ4v) is 1.67. The minimum Gasteiger partial charge on any atom is -0.337 e. The molecule has 4 nitrogen and oxygen atoms in total. The Labute approximate surface area is 87.3 Å². The van der Waals surface area contributed by atoms with Crippen molar-refractivity contribution in [3.05, 3.63) is 27.7 Å². The summed E-state index contributed by atoms with van der Waals surface area (Å²) in [4.78, 5) is 14.9. The highest BCUT2D eigenvalue weighted by Crippen LogP contribution is 2.14. The molecule has 0 atom stereocenters. The van der Waals surface area contributed by atoms with Crippen LogP contribution in [0.15, 0.2) is 15.4 Å². The van der Waals surface area contributed by atoms with Gasteiger partial charge in [0.25, 0.3) is 0 Å². The summed E-state index contributed by atoms with van der Waals surface area (Å²) in [5, 5.41) is 4.52. The van der Waals surface area contributed by atoms with Crippen LogP contribution in [-0.2, 0) is 12.8 Å². The highest BCUT2D eigenvalue weighted by Gasteiger charge is 2.11. The van der Waals surface area contributed by atoms with Gasteiger partial charge in [0.05, 0.1) is 5.69 Å². The number of aryl methyl sites for hydroxylation is 2. The lowest BCUT2D eigenvalue weighted by molar-refractivity contribution is 0.437. The van der Waals surface area contributed by atoms with Crippen LogP contribution in [0.5, 0.6) is 0 Å². The van der Waals surface area contributed by atoms with E-state index in [-0.39, 0.29) is 5.43 Å². The van der Waals surface area contributed by atoms with Gasteiger partial charge in [0, 0.05) is 11.8 Å². The van der Waals surface area contributed by atoms with Crippen molar-refractivity contribution < 1.29 is 4.52 Å². The van der Waals surface area contributed by atoms with E-state index in [2.05, 4.69) is 17.1 Å². The van der Waals surface area contributed by atoms with Gasteiger partial charge in [-0.05, 0) is 12.8 Å². The van der Waals surface area contributed by atoms with Crippen molar-refractivity contribution >= 4 is 11.1 Å². The predicted molar refractivity (Wildman–Crippen MR) is 58.0 cm³/mol. The van der Waals surface area contributed by atoms with Gasteiger partial charge in [-0.15, -0.1) is 0 Å². The minimum absolute atomic E-state index is 0.00491. The molecule has 2 heterocycles. The molecule has 0 unspecified atom stereocenters. The molecule has 0 spiro atoms. The second-order valence-corrected chi connectivity index (χ2v) is 3.60. The van der Waals surface area contributed by atoms with E-state index >= 15 is 0 Å². The van der Waals surface area contributed by atoms with E-state index in [4.69, 9.17) is 4.52 Å². The van der Waals surface area contributed by atoms with Gasteiger partial charge in [-0.1, -0.05) is 25.4 Å². The quantitative estimate of drug-likeness (QED) is 0.835. The maximum atomic E-state index is 11.8. The molecule has 2 rings (SSSR count). The number of hydrogen-bond acceptors (Lipinski definition) is 3. The molecular formula is C11H14N2O2. The van der Waals surface area contributed by atoms with E-state index in [1.54, 1.807) is 6.07 Å². The molecule has 0 aliphatic carbocycles. The molecule has 0 aromatic carbocycles. The van der Waals surface area contributed by atoms with Crippen LogP contribution >= 0.6 is 0 Å². The molecule has 2 aromatic rings. The van der Waals surface area contributed by atoms with Gasteiger partial charge in [0.2, 0.25) is 5.71 Å². The maximum Gasteiger partial charge on any atom is 0.240 e. The molecule has 80 valence electrons. The summed E-state index contributed by atoms with van der Waals surface area (Å²) in [6, 6.07) is 1.62. The van der Waals surface area contributed by atoms with Crippen molar-refractivity contribution in [3.63, 3.8) is 0 Å². The Kier molecular flexibility index (Phi) is 2.58. The zero-order valence-corrected chi connectivity index (χ0v) is 8.96. The summed E-state index contributed by atoms with van der Waals surface area (Å²) < 4.78 is 5.12. The zero-order chi connectivity index (χ0) is 10.8. The van der Waals surface area contributed by atoms with Gasteiger partial charge in [-0.25, -0.2) is 0 Å². The van der Waals surface area contributed by atoms with Crippen LogP contribution < -0.4 is 5.43 Å². The van der Waals surface area contributed by atoms with Crippen molar-refractivity contribution in [1.82, 2.24) is 10.1 Å². The Balaban J connectivity index is 2.66. The zero-order valence-electron chi connectivity index (χ0n) is 8.96. The van der Waals surface area contributed by atoms with E-state index in [0.717, 1.165) is 30.7 Å². The van der Waals surface area contributed by atoms with Crippen LogP contribution in [0.3, 0.4) is 0 Å². The first kappa shape index (κ1) is 9.96. The first-order valence-corrected chi connectivity index (χ1v) is 5.26. The molecule has 0 radical (unpaired) electrons. The summed E-state index contributed by atoms with van der Waals surface area (Å²) in [6.45, 7) is 4.04. The SMILES string of the molecule is CCCc1noc2[nH]c(CC)cc(=O)c12. The standard InChI is InChI=1S/C11H14N2O2/c1-3-5-8-10-9(14)6-7(4-2)12-11(10)15-13-8/h6H,3-5H2,1-2H3,(H,12,14). The van der Waals surface area contributed by atoms with E-state index in [1.807, 2.05) is 6.92 Å². The largest absolute Gasteiger partial charge is 0.337 e. The van der Waals surface area contributed by atoms with Crippen LogP contribution in [0.2, 0.25) is 0 Å². The summed E-state index contributed by atoms with van der Waals surface area (Å²) in [7, 11) is 0. The molecule has 4 heteroatoms. The second-order valence-electron chi connectivity index (χ2n) is 3.60. The molecule has 2 aromatic heterocycles. The summed E-state index contributed by atoms with van der Waals surface area (Å²) in [5.41, 5.74) is 2.15. The van der Waals surface area contributed by atoms with Crippen LogP contribution in [-0.4, -0.2) is 10.1 Å². The van der Waals surface area contributed by atoms with Gasteiger partial charge >= 0.3 is 0 Å². The fraction of sp³-hybridized carbons (Fsp3) is 0.455. The Hall–Kier alpha value is -1.58. The number of fused-ring (bicyclic) bond motifs is 1. The minimum atomic E-state index is 0.00491. The summed E-state index contributed by atoms with van der Waals surface area (Å²) >= 11 is 0. The predicted octanol–water partition coefficient (Wildman–Crippen LogP) is 2.03. The first-order valence-electron chi connectivity index (χ1n) is 5.26. The van der Waals surface area contributed by atoms with E-state index in [9.17, 15) is 4.79 Å². The number of hydrogen-bond donors (Lipinski definition) is 1. The Morgan fingerprint density at radius 1 is 1.47 bits per heavy atom. The van der Waals surface area contributed by atoms with Crippen molar-refractivity contribution in [3.8, 4) is 0 Å². The highest BCUT2D eigenvalue weighted by atomic mass is 16.5. The van der Waals surface area contributed by atoms with Crippen molar-refractivity contribution in [2.45, 2.75) is 33.1 Å². The number of rotatable bonds is 3. The van der Waals surface area contributed by atoms with Gasteiger partial charge in [-0.2, -0.15) is 0 Å². The Morgan fingerprint density at radius 2 is 2.27 bits per heavy atom. The topological polar surface area (TPSA) is 58.9 Å².